The van der Waals surface area contributed by atoms with Crippen LogP contribution in [0.2, 0.25) is 0 Å². The van der Waals surface area contributed by atoms with Gasteiger partial charge in [-0.3, -0.25) is 0 Å². The van der Waals surface area contributed by atoms with Gasteiger partial charge in [0.2, 0.25) is 0 Å². The molecule has 3 rings (SSSR count). The lowest BCUT2D eigenvalue weighted by atomic mass is 10.1. The molecule has 2 amide bonds. The molecule has 3 aromatic rings. The van der Waals surface area contributed by atoms with Gasteiger partial charge in [0.25, 0.3) is 0 Å². The van der Waals surface area contributed by atoms with Crippen molar-refractivity contribution < 1.29 is 13.7 Å². The van der Waals surface area contributed by atoms with E-state index < -0.39 is 11.8 Å². The summed E-state index contributed by atoms with van der Waals surface area (Å²) in [4.78, 5) is 12.3. The van der Waals surface area contributed by atoms with Crippen LogP contribution in [0.3, 0.4) is 0 Å². The van der Waals surface area contributed by atoms with Gasteiger partial charge in [-0.25, -0.2) is 13.9 Å². The van der Waals surface area contributed by atoms with Crippen molar-refractivity contribution in [1.82, 2.24) is 20.3 Å². The van der Waals surface area contributed by atoms with E-state index in [1.54, 1.807) is 36.1 Å². The van der Waals surface area contributed by atoms with E-state index in [-0.39, 0.29) is 6.04 Å². The third-order valence-electron chi connectivity index (χ3n) is 3.83. The Labute approximate surface area is 143 Å². The van der Waals surface area contributed by atoms with Gasteiger partial charge in [-0.2, -0.15) is 5.10 Å². The maximum Gasteiger partial charge on any atom is 0.319 e. The minimum atomic E-state index is -0.466. The van der Waals surface area contributed by atoms with Crippen LogP contribution in [-0.4, -0.2) is 21.0 Å². The Hall–Kier alpha value is -3.16. The summed E-state index contributed by atoms with van der Waals surface area (Å²) in [5.74, 6) is 0.193. The molecule has 0 saturated heterocycles. The van der Waals surface area contributed by atoms with Crippen molar-refractivity contribution in [1.29, 1.82) is 0 Å². The molecular formula is C17H18FN5O2. The zero-order valence-electron chi connectivity index (χ0n) is 14.1. The van der Waals surface area contributed by atoms with Crippen LogP contribution in [0, 0.1) is 19.7 Å². The number of rotatable bonds is 4. The Bertz CT molecular complexity index is 869. The summed E-state index contributed by atoms with van der Waals surface area (Å²) in [6.07, 6.45) is 3.32. The molecule has 7 nitrogen and oxygen atoms in total. The molecule has 25 heavy (non-hydrogen) atoms. The first-order valence-corrected chi connectivity index (χ1v) is 7.75. The van der Waals surface area contributed by atoms with Gasteiger partial charge in [0, 0.05) is 18.0 Å². The lowest BCUT2D eigenvalue weighted by Crippen LogP contribution is -2.32. The van der Waals surface area contributed by atoms with Crippen LogP contribution in [0.25, 0.3) is 5.69 Å². The highest BCUT2D eigenvalue weighted by atomic mass is 19.1. The van der Waals surface area contributed by atoms with E-state index in [2.05, 4.69) is 20.9 Å². The summed E-state index contributed by atoms with van der Waals surface area (Å²) >= 11 is 0. The third kappa shape index (κ3) is 3.52. The summed E-state index contributed by atoms with van der Waals surface area (Å²) in [5, 5.41) is 13.5. The van der Waals surface area contributed by atoms with Crippen LogP contribution in [0.1, 0.15) is 30.0 Å². The molecule has 0 aliphatic heterocycles. The van der Waals surface area contributed by atoms with Crippen molar-refractivity contribution in [2.45, 2.75) is 26.8 Å². The zero-order valence-corrected chi connectivity index (χ0v) is 14.1. The number of urea groups is 1. The SMILES string of the molecule is Cc1noc(C)c1[C@H](C)NC(=O)Nc1cc(F)ccc1-n1cccn1. The molecule has 0 spiro atoms. The quantitative estimate of drug-likeness (QED) is 0.759. The molecule has 1 aromatic carbocycles. The zero-order chi connectivity index (χ0) is 18.0. The number of nitrogens with zero attached hydrogens (tertiary/aromatic N) is 3. The third-order valence-corrected chi connectivity index (χ3v) is 3.83. The molecule has 8 heteroatoms. The van der Waals surface area contributed by atoms with Crippen molar-refractivity contribution in [3.63, 3.8) is 0 Å². The highest BCUT2D eigenvalue weighted by Gasteiger charge is 2.19. The monoisotopic (exact) mass is 343 g/mol. The molecule has 0 saturated carbocycles. The van der Waals surface area contributed by atoms with Gasteiger partial charge in [0.05, 0.1) is 23.1 Å². The van der Waals surface area contributed by atoms with Crippen LogP contribution in [0.5, 0.6) is 0 Å². The second kappa shape index (κ2) is 6.76. The van der Waals surface area contributed by atoms with Crippen LogP contribution < -0.4 is 10.6 Å². The highest BCUT2D eigenvalue weighted by Crippen LogP contribution is 2.23. The summed E-state index contributed by atoms with van der Waals surface area (Å²) in [5.41, 5.74) is 2.41. The van der Waals surface area contributed by atoms with Gasteiger partial charge in [-0.05, 0) is 45.0 Å². The molecule has 2 aromatic heterocycles. The molecule has 0 radical (unpaired) electrons. The average Bonchev–Trinajstić information content (AvgIpc) is 3.17. The fourth-order valence-corrected chi connectivity index (χ4v) is 2.75. The Morgan fingerprint density at radius 2 is 2.16 bits per heavy atom. The largest absolute Gasteiger partial charge is 0.361 e. The van der Waals surface area contributed by atoms with Gasteiger partial charge in [0.1, 0.15) is 11.6 Å². The smallest absolute Gasteiger partial charge is 0.319 e. The Balaban J connectivity index is 1.78. The first-order valence-electron chi connectivity index (χ1n) is 7.75. The average molecular weight is 343 g/mol. The molecular weight excluding hydrogens is 325 g/mol. The van der Waals surface area contributed by atoms with Crippen molar-refractivity contribution in [2.75, 3.05) is 5.32 Å². The minimum Gasteiger partial charge on any atom is -0.361 e. The second-order valence-electron chi connectivity index (χ2n) is 5.67. The number of aryl methyl sites for hydroxylation is 2. The summed E-state index contributed by atoms with van der Waals surface area (Å²) < 4.78 is 20.3. The molecule has 0 aliphatic rings. The summed E-state index contributed by atoms with van der Waals surface area (Å²) in [7, 11) is 0. The Morgan fingerprint density at radius 3 is 2.80 bits per heavy atom. The fourth-order valence-electron chi connectivity index (χ4n) is 2.75. The van der Waals surface area contributed by atoms with Crippen molar-refractivity contribution in [2.24, 2.45) is 0 Å². The molecule has 2 N–H and O–H groups in total. The number of hydrogen-bond donors (Lipinski definition) is 2. The Morgan fingerprint density at radius 1 is 1.36 bits per heavy atom. The van der Waals surface area contributed by atoms with Crippen molar-refractivity contribution >= 4 is 11.7 Å². The lowest BCUT2D eigenvalue weighted by Gasteiger charge is -2.16. The van der Waals surface area contributed by atoms with Crippen molar-refractivity contribution in [3.05, 3.63) is 59.5 Å². The van der Waals surface area contributed by atoms with E-state index in [1.807, 2.05) is 13.8 Å². The van der Waals surface area contributed by atoms with Crippen LogP contribution in [0.4, 0.5) is 14.9 Å². The normalized spacial score (nSPS) is 12.0. The molecule has 1 atom stereocenters. The highest BCUT2D eigenvalue weighted by molar-refractivity contribution is 5.91. The van der Waals surface area contributed by atoms with Gasteiger partial charge >= 0.3 is 6.03 Å². The number of amides is 2. The van der Waals surface area contributed by atoms with Crippen LogP contribution in [0.15, 0.2) is 41.2 Å². The summed E-state index contributed by atoms with van der Waals surface area (Å²) in [6.45, 7) is 5.42. The number of aromatic nitrogens is 3. The molecule has 0 fully saturated rings. The number of carbonyl (C=O) groups excluding carboxylic acids is 1. The molecule has 130 valence electrons. The fraction of sp³-hybridized carbons (Fsp3) is 0.235. The first-order chi connectivity index (χ1) is 12.0. The predicted octanol–water partition coefficient (Wildman–Crippen LogP) is 3.50. The van der Waals surface area contributed by atoms with E-state index in [4.69, 9.17) is 4.52 Å². The van der Waals surface area contributed by atoms with E-state index in [9.17, 15) is 9.18 Å². The molecule has 2 heterocycles. The predicted molar refractivity (Wildman–Crippen MR) is 90.1 cm³/mol. The topological polar surface area (TPSA) is 85.0 Å². The van der Waals surface area contributed by atoms with E-state index in [1.165, 1.54) is 12.1 Å². The van der Waals surface area contributed by atoms with Gasteiger partial charge in [-0.15, -0.1) is 0 Å². The van der Waals surface area contributed by atoms with Crippen LogP contribution >= 0.6 is 0 Å². The number of hydrogen-bond acceptors (Lipinski definition) is 4. The number of halogens is 1. The number of benzene rings is 1. The second-order valence-corrected chi connectivity index (χ2v) is 5.67. The van der Waals surface area contributed by atoms with Gasteiger partial charge < -0.3 is 15.2 Å². The standard InChI is InChI=1S/C17H18FN5O2/c1-10(16-11(2)22-25-12(16)3)20-17(24)21-14-9-13(18)5-6-15(14)23-8-4-7-19-23/h4-10H,1-3H3,(H2,20,21,24)/t10-/m0/s1. The minimum absolute atomic E-state index is 0.312. The summed E-state index contributed by atoms with van der Waals surface area (Å²) in [6, 6.07) is 5.08. The molecule has 0 unspecified atom stereocenters. The molecule has 0 bridgehead atoms. The van der Waals surface area contributed by atoms with Gasteiger partial charge in [-0.1, -0.05) is 5.16 Å². The molecule has 0 aliphatic carbocycles. The first kappa shape index (κ1) is 16.7. The van der Waals surface area contributed by atoms with Gasteiger partial charge in [0.15, 0.2) is 0 Å². The number of carbonyl (C=O) groups is 1. The van der Waals surface area contributed by atoms with E-state index in [0.29, 0.717) is 22.8 Å². The van der Waals surface area contributed by atoms with Crippen LogP contribution in [-0.2, 0) is 0 Å². The number of nitrogens with one attached hydrogen (secondary N) is 2. The van der Waals surface area contributed by atoms with E-state index in [0.717, 1.165) is 5.56 Å². The maximum atomic E-state index is 13.6. The van der Waals surface area contributed by atoms with Crippen molar-refractivity contribution in [3.8, 4) is 5.69 Å². The Kier molecular flexibility index (Phi) is 4.51. The van der Waals surface area contributed by atoms with E-state index >= 15 is 0 Å². The lowest BCUT2D eigenvalue weighted by molar-refractivity contribution is 0.249. The number of anilines is 1. The maximum absolute atomic E-state index is 13.6.